The van der Waals surface area contributed by atoms with E-state index in [1.54, 1.807) is 0 Å². The molecule has 2 fully saturated rings. The van der Waals surface area contributed by atoms with Crippen LogP contribution in [0.1, 0.15) is 47.3 Å². The maximum Gasteiger partial charge on any atom is 0.257 e. The number of amides is 1. The van der Waals surface area contributed by atoms with Crippen LogP contribution in [0.3, 0.4) is 0 Å². The minimum Gasteiger partial charge on any atom is -0.339 e. The molecule has 0 saturated carbocycles. The lowest BCUT2D eigenvalue weighted by atomic mass is 9.80. The molecule has 0 spiro atoms. The van der Waals surface area contributed by atoms with Gasteiger partial charge < -0.3 is 4.90 Å². The van der Waals surface area contributed by atoms with E-state index < -0.39 is 0 Å². The summed E-state index contributed by atoms with van der Waals surface area (Å²) in [5, 5.41) is 4.41. The summed E-state index contributed by atoms with van der Waals surface area (Å²) >= 11 is 0. The third kappa shape index (κ3) is 3.61. The molecule has 2 saturated heterocycles. The molecule has 1 amide bonds. The molecule has 144 valence electrons. The molecule has 0 bridgehead atoms. The highest BCUT2D eigenvalue weighted by molar-refractivity contribution is 5.95. The monoisotopic (exact) mass is 368 g/mol. The fourth-order valence-corrected chi connectivity index (χ4v) is 4.42. The van der Waals surface area contributed by atoms with Crippen molar-refractivity contribution in [3.05, 3.63) is 47.5 Å². The highest BCUT2D eigenvalue weighted by atomic mass is 16.2. The fourth-order valence-electron chi connectivity index (χ4n) is 4.42. The standard InChI is InChI=1S/C20H28N6O/c1-3-26-13-18(14(2)24-26)20(27)25-10-6-16(7-11-25)19-17(12-22-23-19)15-4-8-21-9-5-15/h4-5,8-9,13,16-17,19,22-23H,3,6-7,10-12H2,1-2H3. The van der Waals surface area contributed by atoms with E-state index in [-0.39, 0.29) is 5.91 Å². The Bertz CT molecular complexity index is 781. The Hall–Kier alpha value is -2.25. The first-order chi connectivity index (χ1) is 13.2. The SMILES string of the molecule is CCn1cc(C(=O)N2CCC(C3NNCC3c3ccncc3)CC2)c(C)n1. The van der Waals surface area contributed by atoms with E-state index in [4.69, 9.17) is 0 Å². The zero-order chi connectivity index (χ0) is 18.8. The van der Waals surface area contributed by atoms with Gasteiger partial charge in [0.1, 0.15) is 0 Å². The van der Waals surface area contributed by atoms with Crippen molar-refractivity contribution in [1.82, 2.24) is 30.5 Å². The van der Waals surface area contributed by atoms with Crippen molar-refractivity contribution >= 4 is 5.91 Å². The largest absolute Gasteiger partial charge is 0.339 e. The number of nitrogens with one attached hydrogen (secondary N) is 2. The highest BCUT2D eigenvalue weighted by Crippen LogP contribution is 2.32. The quantitative estimate of drug-likeness (QED) is 0.860. The van der Waals surface area contributed by atoms with Crippen LogP contribution in [0.25, 0.3) is 0 Å². The summed E-state index contributed by atoms with van der Waals surface area (Å²) < 4.78 is 1.84. The minimum absolute atomic E-state index is 0.119. The summed E-state index contributed by atoms with van der Waals surface area (Å²) in [5.41, 5.74) is 9.71. The van der Waals surface area contributed by atoms with Gasteiger partial charge >= 0.3 is 0 Å². The van der Waals surface area contributed by atoms with Crippen molar-refractivity contribution in [2.45, 2.75) is 45.2 Å². The summed E-state index contributed by atoms with van der Waals surface area (Å²) in [6.07, 6.45) is 7.66. The molecule has 27 heavy (non-hydrogen) atoms. The van der Waals surface area contributed by atoms with Crippen molar-refractivity contribution in [1.29, 1.82) is 0 Å². The number of nitrogens with zero attached hydrogens (tertiary/aromatic N) is 4. The average molecular weight is 368 g/mol. The molecule has 4 rings (SSSR count). The summed E-state index contributed by atoms with van der Waals surface area (Å²) in [5.74, 6) is 1.13. The summed E-state index contributed by atoms with van der Waals surface area (Å²) in [4.78, 5) is 19.0. The summed E-state index contributed by atoms with van der Waals surface area (Å²) in [6.45, 7) is 7.28. The van der Waals surface area contributed by atoms with E-state index in [1.807, 2.05) is 42.0 Å². The number of hydrazine groups is 1. The zero-order valence-corrected chi connectivity index (χ0v) is 16.1. The van der Waals surface area contributed by atoms with Crippen LogP contribution in [0.5, 0.6) is 0 Å². The molecule has 2 unspecified atom stereocenters. The maximum atomic E-state index is 12.9. The van der Waals surface area contributed by atoms with E-state index >= 15 is 0 Å². The van der Waals surface area contributed by atoms with Gasteiger partial charge in [-0.2, -0.15) is 5.10 Å². The molecule has 0 radical (unpaired) electrons. The Kier molecular flexibility index (Phi) is 5.22. The molecule has 2 aromatic heterocycles. The number of piperidine rings is 1. The van der Waals surface area contributed by atoms with Gasteiger partial charge in [0.15, 0.2) is 0 Å². The molecule has 0 aliphatic carbocycles. The van der Waals surface area contributed by atoms with Crippen LogP contribution in [-0.4, -0.2) is 51.2 Å². The van der Waals surface area contributed by atoms with E-state index in [1.165, 1.54) is 5.56 Å². The van der Waals surface area contributed by atoms with Crippen LogP contribution >= 0.6 is 0 Å². The Morgan fingerprint density at radius 3 is 2.67 bits per heavy atom. The van der Waals surface area contributed by atoms with Gasteiger partial charge in [-0.25, -0.2) is 0 Å². The molecular formula is C20H28N6O. The molecule has 7 nitrogen and oxygen atoms in total. The lowest BCUT2D eigenvalue weighted by Gasteiger charge is -2.36. The number of rotatable bonds is 4. The Morgan fingerprint density at radius 2 is 2.00 bits per heavy atom. The Labute approximate surface area is 160 Å². The second-order valence-electron chi connectivity index (χ2n) is 7.55. The van der Waals surface area contributed by atoms with Gasteiger partial charge in [0.2, 0.25) is 0 Å². The molecule has 4 heterocycles. The van der Waals surface area contributed by atoms with Crippen LogP contribution in [0.4, 0.5) is 0 Å². The number of pyridine rings is 1. The van der Waals surface area contributed by atoms with Gasteiger partial charge in [-0.3, -0.25) is 25.3 Å². The van der Waals surface area contributed by atoms with Crippen molar-refractivity contribution in [3.8, 4) is 0 Å². The number of hydrogen-bond acceptors (Lipinski definition) is 5. The van der Waals surface area contributed by atoms with Gasteiger partial charge in [-0.05, 0) is 50.3 Å². The molecule has 0 aromatic carbocycles. The predicted octanol–water partition coefficient (Wildman–Crippen LogP) is 1.72. The molecule has 7 heteroatoms. The number of carbonyl (C=O) groups is 1. The second-order valence-corrected chi connectivity index (χ2v) is 7.55. The van der Waals surface area contributed by atoms with E-state index in [2.05, 4.69) is 33.1 Å². The first-order valence-corrected chi connectivity index (χ1v) is 9.89. The van der Waals surface area contributed by atoms with Gasteiger partial charge in [-0.15, -0.1) is 0 Å². The van der Waals surface area contributed by atoms with Crippen molar-refractivity contribution in [2.24, 2.45) is 5.92 Å². The number of carbonyl (C=O) groups excluding carboxylic acids is 1. The first kappa shape index (κ1) is 18.1. The summed E-state index contributed by atoms with van der Waals surface area (Å²) in [6, 6.07) is 4.62. The predicted molar refractivity (Wildman–Crippen MR) is 103 cm³/mol. The van der Waals surface area contributed by atoms with Crippen LogP contribution in [0, 0.1) is 12.8 Å². The normalized spacial score (nSPS) is 23.7. The van der Waals surface area contributed by atoms with E-state index in [9.17, 15) is 4.79 Å². The number of hydrogen-bond donors (Lipinski definition) is 2. The van der Waals surface area contributed by atoms with E-state index in [0.717, 1.165) is 50.3 Å². The first-order valence-electron chi connectivity index (χ1n) is 9.89. The van der Waals surface area contributed by atoms with Gasteiger partial charge in [-0.1, -0.05) is 0 Å². The molecule has 2 atom stereocenters. The summed E-state index contributed by atoms with van der Waals surface area (Å²) in [7, 11) is 0. The average Bonchev–Trinajstić information content (AvgIpc) is 3.35. The number of aryl methyl sites for hydroxylation is 2. The van der Waals surface area contributed by atoms with Crippen LogP contribution < -0.4 is 10.9 Å². The van der Waals surface area contributed by atoms with Crippen molar-refractivity contribution in [2.75, 3.05) is 19.6 Å². The molecule has 2 aliphatic rings. The van der Waals surface area contributed by atoms with Crippen molar-refractivity contribution < 1.29 is 4.79 Å². The topological polar surface area (TPSA) is 75.1 Å². The maximum absolute atomic E-state index is 12.9. The van der Waals surface area contributed by atoms with E-state index in [0.29, 0.717) is 17.9 Å². The number of likely N-dealkylation sites (tertiary alicyclic amines) is 1. The third-order valence-electron chi connectivity index (χ3n) is 5.99. The van der Waals surface area contributed by atoms with Gasteiger partial charge in [0.05, 0.1) is 11.3 Å². The Morgan fingerprint density at radius 1 is 1.26 bits per heavy atom. The molecule has 2 N–H and O–H groups in total. The van der Waals surface area contributed by atoms with Crippen LogP contribution in [-0.2, 0) is 6.54 Å². The smallest absolute Gasteiger partial charge is 0.257 e. The molecular weight excluding hydrogens is 340 g/mol. The third-order valence-corrected chi connectivity index (χ3v) is 5.99. The van der Waals surface area contributed by atoms with Crippen molar-refractivity contribution in [3.63, 3.8) is 0 Å². The Balaban J connectivity index is 1.40. The number of aromatic nitrogens is 3. The van der Waals surface area contributed by atoms with Crippen LogP contribution in [0.15, 0.2) is 30.7 Å². The molecule has 2 aliphatic heterocycles. The lowest BCUT2D eigenvalue weighted by molar-refractivity contribution is 0.0669. The minimum atomic E-state index is 0.119. The highest BCUT2D eigenvalue weighted by Gasteiger charge is 2.37. The molecule has 2 aromatic rings. The van der Waals surface area contributed by atoms with Gasteiger partial charge in [0, 0.05) is 56.7 Å². The van der Waals surface area contributed by atoms with Crippen LogP contribution in [0.2, 0.25) is 0 Å². The fraction of sp³-hybridized carbons (Fsp3) is 0.550. The van der Waals surface area contributed by atoms with Gasteiger partial charge in [0.25, 0.3) is 5.91 Å². The lowest BCUT2D eigenvalue weighted by Crippen LogP contribution is -2.45. The second kappa shape index (κ2) is 7.78. The zero-order valence-electron chi connectivity index (χ0n) is 16.1.